The van der Waals surface area contributed by atoms with Crippen LogP contribution in [-0.2, 0) is 4.52 Å². The fraction of sp³-hybridized carbons (Fsp3) is 0.0698. The Kier molecular flexibility index (Phi) is 10.1. The van der Waals surface area contributed by atoms with Crippen molar-refractivity contribution >= 4 is 45.7 Å². The maximum Gasteiger partial charge on any atom is 0.275 e. The molecule has 50 heavy (non-hydrogen) atoms. The standard InChI is InChI=1S/C43H36O5P2/c1-4-30-23-26-38(29(3)28(30)2)45-50-48-43(33-16-6-5-7-17-33)36-20-12-13-21-39(36)46-49-47-40-27-24-32-15-9-11-19-35(32)42(40)41-34-18-10-8-14-31(34)22-25-37(41)44/h4-27,43-44,49-50H,1H2,2-3H3. The fourth-order valence-corrected chi connectivity index (χ4v) is 7.52. The number of phenols is 1. The van der Waals surface area contributed by atoms with Gasteiger partial charge in [-0.05, 0) is 81.9 Å². The molecule has 5 nitrogen and oxygen atoms in total. The van der Waals surface area contributed by atoms with Gasteiger partial charge in [-0.1, -0.05) is 128 Å². The highest BCUT2D eigenvalue weighted by atomic mass is 31.1. The Morgan fingerprint density at radius 3 is 1.92 bits per heavy atom. The lowest BCUT2D eigenvalue weighted by atomic mass is 9.92. The number of benzene rings is 7. The molecule has 7 aromatic carbocycles. The SMILES string of the molecule is C=Cc1ccc(OPOC(c2ccccc2)c2ccccc2OPOc2ccc3ccccc3c2-c2c(O)ccc3ccccc23)c(C)c1C. The third kappa shape index (κ3) is 6.82. The Morgan fingerprint density at radius 2 is 1.16 bits per heavy atom. The maximum atomic E-state index is 11.2. The van der Waals surface area contributed by atoms with Gasteiger partial charge in [-0.25, -0.2) is 0 Å². The summed E-state index contributed by atoms with van der Waals surface area (Å²) < 4.78 is 25.5. The minimum atomic E-state index is -0.451. The average Bonchev–Trinajstić information content (AvgIpc) is 3.16. The van der Waals surface area contributed by atoms with E-state index in [9.17, 15) is 5.11 Å². The van der Waals surface area contributed by atoms with Crippen LogP contribution in [-0.4, -0.2) is 5.11 Å². The van der Waals surface area contributed by atoms with E-state index in [1.807, 2.05) is 134 Å². The van der Waals surface area contributed by atoms with E-state index in [4.69, 9.17) is 18.1 Å². The van der Waals surface area contributed by atoms with E-state index in [0.717, 1.165) is 66.2 Å². The number of hydrogen-bond donors (Lipinski definition) is 1. The van der Waals surface area contributed by atoms with Gasteiger partial charge in [0.05, 0.1) is 0 Å². The fourth-order valence-electron chi connectivity index (χ4n) is 6.22. The first-order chi connectivity index (χ1) is 24.5. The first kappa shape index (κ1) is 33.3. The van der Waals surface area contributed by atoms with Crippen LogP contribution in [0, 0.1) is 13.8 Å². The zero-order chi connectivity index (χ0) is 34.5. The number of phenolic OH excluding ortho intramolecular Hbond substituents is 1. The minimum absolute atomic E-state index is 0.187. The number of para-hydroxylation sites is 1. The Hall–Kier alpha value is -5.18. The molecule has 0 fully saturated rings. The van der Waals surface area contributed by atoms with Gasteiger partial charge in [-0.2, -0.15) is 0 Å². The van der Waals surface area contributed by atoms with E-state index < -0.39 is 6.10 Å². The van der Waals surface area contributed by atoms with Gasteiger partial charge >= 0.3 is 0 Å². The quantitative estimate of drug-likeness (QED) is 0.129. The molecule has 0 aromatic heterocycles. The third-order valence-corrected chi connectivity index (χ3v) is 10.2. The summed E-state index contributed by atoms with van der Waals surface area (Å²) in [5, 5.41) is 15.2. The number of aromatic hydroxyl groups is 1. The molecular weight excluding hydrogens is 658 g/mol. The lowest BCUT2D eigenvalue weighted by molar-refractivity contribution is 0.258. The van der Waals surface area contributed by atoms with Crippen LogP contribution in [0.3, 0.4) is 0 Å². The first-order valence-corrected chi connectivity index (χ1v) is 17.9. The van der Waals surface area contributed by atoms with Crippen molar-refractivity contribution in [2.75, 3.05) is 0 Å². The van der Waals surface area contributed by atoms with Crippen molar-refractivity contribution < 1.29 is 23.2 Å². The summed E-state index contributed by atoms with van der Waals surface area (Å²) in [5.74, 6) is 2.22. The normalized spacial score (nSPS) is 12.2. The molecule has 0 saturated heterocycles. The maximum absolute atomic E-state index is 11.2. The van der Waals surface area contributed by atoms with Crippen molar-refractivity contribution in [3.63, 3.8) is 0 Å². The molecule has 0 bridgehead atoms. The molecule has 0 aliphatic heterocycles. The molecule has 0 heterocycles. The Labute approximate surface area is 296 Å². The summed E-state index contributed by atoms with van der Waals surface area (Å²) in [5.41, 5.74) is 6.64. The predicted molar refractivity (Wildman–Crippen MR) is 209 cm³/mol. The minimum Gasteiger partial charge on any atom is -0.507 e. The highest BCUT2D eigenvalue weighted by molar-refractivity contribution is 7.27. The van der Waals surface area contributed by atoms with E-state index >= 15 is 0 Å². The zero-order valence-corrected chi connectivity index (χ0v) is 29.7. The van der Waals surface area contributed by atoms with Crippen molar-refractivity contribution in [1.29, 1.82) is 0 Å². The van der Waals surface area contributed by atoms with Crippen molar-refractivity contribution in [2.45, 2.75) is 20.0 Å². The second-order valence-electron chi connectivity index (χ2n) is 11.9. The van der Waals surface area contributed by atoms with Gasteiger partial charge in [0.2, 0.25) is 9.03 Å². The topological polar surface area (TPSA) is 57.2 Å². The number of rotatable bonds is 12. The first-order valence-electron chi connectivity index (χ1n) is 16.3. The summed E-state index contributed by atoms with van der Waals surface area (Å²) in [6, 6.07) is 45.7. The van der Waals surface area contributed by atoms with Gasteiger partial charge in [0.25, 0.3) is 9.03 Å². The zero-order valence-electron chi connectivity index (χ0n) is 27.7. The third-order valence-electron chi connectivity index (χ3n) is 8.97. The molecular formula is C43H36O5P2. The molecule has 3 atom stereocenters. The molecule has 0 amide bonds. The Balaban J connectivity index is 1.17. The molecule has 0 saturated carbocycles. The molecule has 0 aliphatic rings. The van der Waals surface area contributed by atoms with Gasteiger partial charge in [0.1, 0.15) is 29.1 Å². The predicted octanol–water partition coefficient (Wildman–Crippen LogP) is 12.3. The molecule has 0 radical (unpaired) electrons. The average molecular weight is 695 g/mol. The van der Waals surface area contributed by atoms with Gasteiger partial charge in [0.15, 0.2) is 0 Å². The molecule has 7 rings (SSSR count). The second-order valence-corrected chi connectivity index (χ2v) is 13.0. The number of fused-ring (bicyclic) bond motifs is 2. The van der Waals surface area contributed by atoms with Crippen molar-refractivity contribution in [3.05, 3.63) is 174 Å². The highest BCUT2D eigenvalue weighted by Gasteiger charge is 2.22. The lowest BCUT2D eigenvalue weighted by Crippen LogP contribution is -2.04. The van der Waals surface area contributed by atoms with Crippen molar-refractivity contribution in [2.24, 2.45) is 0 Å². The van der Waals surface area contributed by atoms with Gasteiger partial charge in [-0.15, -0.1) is 0 Å². The van der Waals surface area contributed by atoms with Crippen molar-refractivity contribution in [1.82, 2.24) is 0 Å². The molecule has 7 aromatic rings. The van der Waals surface area contributed by atoms with E-state index in [1.54, 1.807) is 6.07 Å². The van der Waals surface area contributed by atoms with Crippen molar-refractivity contribution in [3.8, 4) is 34.1 Å². The Morgan fingerprint density at radius 1 is 0.560 bits per heavy atom. The summed E-state index contributed by atoms with van der Waals surface area (Å²) >= 11 is 0. The molecule has 1 N–H and O–H groups in total. The largest absolute Gasteiger partial charge is 0.507 e. The van der Waals surface area contributed by atoms with Crippen LogP contribution in [0.4, 0.5) is 0 Å². The summed E-state index contributed by atoms with van der Waals surface area (Å²) in [6.45, 7) is 8.02. The van der Waals surface area contributed by atoms with Crippen LogP contribution in [0.1, 0.15) is 33.9 Å². The second kappa shape index (κ2) is 15.2. The van der Waals surface area contributed by atoms with Gasteiger partial charge < -0.3 is 23.2 Å². The highest BCUT2D eigenvalue weighted by Crippen LogP contribution is 2.47. The molecule has 3 unspecified atom stereocenters. The molecule has 7 heteroatoms. The Bertz CT molecular complexity index is 2300. The van der Waals surface area contributed by atoms with E-state index in [0.29, 0.717) is 11.5 Å². The van der Waals surface area contributed by atoms with Crippen LogP contribution in [0.25, 0.3) is 38.7 Å². The van der Waals surface area contributed by atoms with E-state index in [2.05, 4.69) is 25.6 Å². The smallest absolute Gasteiger partial charge is 0.275 e. The molecule has 248 valence electrons. The molecule has 0 aliphatic carbocycles. The van der Waals surface area contributed by atoms with Crippen LogP contribution >= 0.6 is 18.1 Å². The number of hydrogen-bond acceptors (Lipinski definition) is 5. The summed E-state index contributed by atoms with van der Waals surface area (Å²) in [4.78, 5) is 0. The van der Waals surface area contributed by atoms with Gasteiger partial charge in [-0.3, -0.25) is 0 Å². The lowest BCUT2D eigenvalue weighted by Gasteiger charge is -2.22. The summed E-state index contributed by atoms with van der Waals surface area (Å²) in [6.07, 6.45) is 1.40. The van der Waals surface area contributed by atoms with E-state index in [-0.39, 0.29) is 23.8 Å². The van der Waals surface area contributed by atoms with Crippen LogP contribution in [0.5, 0.6) is 23.0 Å². The summed E-state index contributed by atoms with van der Waals surface area (Å²) in [7, 11) is -0.642. The van der Waals surface area contributed by atoms with E-state index in [1.165, 1.54) is 0 Å². The van der Waals surface area contributed by atoms with Gasteiger partial charge in [0, 0.05) is 16.7 Å². The molecule has 0 spiro atoms. The van der Waals surface area contributed by atoms with Crippen LogP contribution in [0.15, 0.2) is 146 Å². The monoisotopic (exact) mass is 694 g/mol. The van der Waals surface area contributed by atoms with Crippen LogP contribution < -0.4 is 13.6 Å². The van der Waals surface area contributed by atoms with Crippen LogP contribution in [0.2, 0.25) is 0 Å².